The molecule has 2 aromatic heterocycles. The van der Waals surface area contributed by atoms with Gasteiger partial charge in [0.15, 0.2) is 5.76 Å². The molecular formula is C27H22ClF2N3O2. The fourth-order valence-corrected chi connectivity index (χ4v) is 4.73. The molecule has 0 atom stereocenters. The van der Waals surface area contributed by atoms with Crippen molar-refractivity contribution in [2.75, 3.05) is 13.1 Å². The Hall–Kier alpha value is -3.55. The van der Waals surface area contributed by atoms with Crippen LogP contribution in [0.15, 0.2) is 63.9 Å². The van der Waals surface area contributed by atoms with E-state index in [4.69, 9.17) is 21.0 Å². The lowest BCUT2D eigenvalue weighted by atomic mass is 10.1. The third kappa shape index (κ3) is 4.45. The maximum atomic E-state index is 14.8. The van der Waals surface area contributed by atoms with Crippen LogP contribution in [0, 0.1) is 25.5 Å². The fourth-order valence-electron chi connectivity index (χ4n) is 4.40. The van der Waals surface area contributed by atoms with Crippen LogP contribution in [0.1, 0.15) is 23.4 Å². The van der Waals surface area contributed by atoms with E-state index in [0.717, 1.165) is 35.7 Å². The van der Waals surface area contributed by atoms with Gasteiger partial charge in [-0.1, -0.05) is 17.7 Å². The van der Waals surface area contributed by atoms with Crippen LogP contribution < -0.4 is 10.9 Å². The Labute approximate surface area is 205 Å². The van der Waals surface area contributed by atoms with Crippen molar-refractivity contribution in [2.45, 2.75) is 20.3 Å². The molecule has 0 radical (unpaired) electrons. The summed E-state index contributed by atoms with van der Waals surface area (Å²) in [7, 11) is 0. The molecule has 178 valence electrons. The van der Waals surface area contributed by atoms with Crippen LogP contribution in [0.25, 0.3) is 33.8 Å². The SMILES string of the molecule is Cc1cc(Cl)cc(C)c1-n1cc(-c2nc(C3=CCCNC3)oc2-c2ccc(F)cc2F)ccc1=O. The van der Waals surface area contributed by atoms with Crippen LogP contribution in [-0.4, -0.2) is 22.6 Å². The van der Waals surface area contributed by atoms with Gasteiger partial charge in [-0.2, -0.15) is 0 Å². The van der Waals surface area contributed by atoms with Crippen LogP contribution in [0.3, 0.4) is 0 Å². The number of aromatic nitrogens is 2. The van der Waals surface area contributed by atoms with Gasteiger partial charge >= 0.3 is 0 Å². The number of hydrogen-bond donors (Lipinski definition) is 1. The minimum atomic E-state index is -0.762. The molecule has 3 heterocycles. The van der Waals surface area contributed by atoms with Gasteiger partial charge in [-0.3, -0.25) is 9.36 Å². The van der Waals surface area contributed by atoms with E-state index in [1.807, 2.05) is 19.9 Å². The maximum Gasteiger partial charge on any atom is 0.255 e. The number of nitrogens with one attached hydrogen (secondary N) is 1. The Kier molecular flexibility index (Phi) is 6.13. The fraction of sp³-hybridized carbons (Fsp3) is 0.185. The van der Waals surface area contributed by atoms with Gasteiger partial charge in [-0.25, -0.2) is 13.8 Å². The summed E-state index contributed by atoms with van der Waals surface area (Å²) in [4.78, 5) is 17.6. The Morgan fingerprint density at radius 3 is 2.54 bits per heavy atom. The van der Waals surface area contributed by atoms with Gasteiger partial charge in [-0.15, -0.1) is 0 Å². The molecule has 1 aliphatic rings. The molecule has 35 heavy (non-hydrogen) atoms. The highest BCUT2D eigenvalue weighted by Gasteiger charge is 2.23. The van der Waals surface area contributed by atoms with E-state index in [1.165, 1.54) is 22.8 Å². The topological polar surface area (TPSA) is 60.1 Å². The van der Waals surface area contributed by atoms with E-state index >= 15 is 0 Å². The van der Waals surface area contributed by atoms with Crippen molar-refractivity contribution in [1.29, 1.82) is 0 Å². The molecular weight excluding hydrogens is 472 g/mol. The molecule has 0 amide bonds. The normalized spacial score (nSPS) is 13.7. The Bertz CT molecular complexity index is 1510. The number of benzene rings is 2. The minimum Gasteiger partial charge on any atom is -0.436 e. The van der Waals surface area contributed by atoms with Crippen molar-refractivity contribution in [2.24, 2.45) is 0 Å². The molecule has 1 N–H and O–H groups in total. The number of pyridine rings is 1. The monoisotopic (exact) mass is 493 g/mol. The zero-order valence-corrected chi connectivity index (χ0v) is 19.9. The molecule has 0 aliphatic carbocycles. The second-order valence-electron chi connectivity index (χ2n) is 8.53. The van der Waals surface area contributed by atoms with E-state index < -0.39 is 11.6 Å². The number of aryl methyl sites for hydroxylation is 2. The molecule has 0 unspecified atom stereocenters. The average molecular weight is 494 g/mol. The first-order chi connectivity index (χ1) is 16.8. The predicted octanol–water partition coefficient (Wildman–Crippen LogP) is 6.08. The second-order valence-corrected chi connectivity index (χ2v) is 8.97. The van der Waals surface area contributed by atoms with Gasteiger partial charge in [0.05, 0.1) is 11.3 Å². The average Bonchev–Trinajstić information content (AvgIpc) is 3.25. The van der Waals surface area contributed by atoms with Gasteiger partial charge in [0, 0.05) is 41.0 Å². The van der Waals surface area contributed by atoms with Crippen molar-refractivity contribution in [3.8, 4) is 28.3 Å². The third-order valence-electron chi connectivity index (χ3n) is 5.99. The summed E-state index contributed by atoms with van der Waals surface area (Å²) in [5.74, 6) is -0.933. The third-order valence-corrected chi connectivity index (χ3v) is 6.20. The first kappa shape index (κ1) is 23.2. The number of halogens is 3. The molecule has 0 fully saturated rings. The zero-order valence-electron chi connectivity index (χ0n) is 19.2. The molecule has 0 saturated carbocycles. The first-order valence-corrected chi connectivity index (χ1v) is 11.6. The molecule has 0 saturated heterocycles. The minimum absolute atomic E-state index is 0.0844. The van der Waals surface area contributed by atoms with Crippen LogP contribution in [0.4, 0.5) is 8.78 Å². The second kappa shape index (κ2) is 9.24. The molecule has 0 bridgehead atoms. The zero-order chi connectivity index (χ0) is 24.7. The van der Waals surface area contributed by atoms with Crippen LogP contribution >= 0.6 is 11.6 Å². The lowest BCUT2D eigenvalue weighted by Gasteiger charge is -2.14. The van der Waals surface area contributed by atoms with E-state index in [9.17, 15) is 13.6 Å². The maximum absolute atomic E-state index is 14.8. The molecule has 1 aliphatic heterocycles. The van der Waals surface area contributed by atoms with Gasteiger partial charge in [-0.05, 0) is 68.3 Å². The van der Waals surface area contributed by atoms with E-state index in [1.54, 1.807) is 24.4 Å². The predicted molar refractivity (Wildman–Crippen MR) is 133 cm³/mol. The highest BCUT2D eigenvalue weighted by molar-refractivity contribution is 6.30. The summed E-state index contributed by atoms with van der Waals surface area (Å²) < 4.78 is 36.0. The Balaban J connectivity index is 1.72. The smallest absolute Gasteiger partial charge is 0.255 e. The molecule has 5 rings (SSSR count). The summed E-state index contributed by atoms with van der Waals surface area (Å²) in [6.45, 7) is 5.17. The summed E-state index contributed by atoms with van der Waals surface area (Å²) in [5, 5.41) is 3.85. The van der Waals surface area contributed by atoms with Crippen molar-refractivity contribution < 1.29 is 13.2 Å². The number of rotatable bonds is 4. The molecule has 5 nitrogen and oxygen atoms in total. The largest absolute Gasteiger partial charge is 0.436 e. The molecule has 2 aromatic carbocycles. The number of nitrogens with zero attached hydrogens (tertiary/aromatic N) is 2. The van der Waals surface area contributed by atoms with Gasteiger partial charge < -0.3 is 9.73 Å². The lowest BCUT2D eigenvalue weighted by Crippen LogP contribution is -2.21. The summed E-state index contributed by atoms with van der Waals surface area (Å²) in [6, 6.07) is 9.95. The van der Waals surface area contributed by atoms with Crippen molar-refractivity contribution in [3.63, 3.8) is 0 Å². The highest BCUT2D eigenvalue weighted by Crippen LogP contribution is 2.36. The molecule has 8 heteroatoms. The van der Waals surface area contributed by atoms with Crippen molar-refractivity contribution in [3.05, 3.63) is 98.8 Å². The summed E-state index contributed by atoms with van der Waals surface area (Å²) >= 11 is 6.19. The summed E-state index contributed by atoms with van der Waals surface area (Å²) in [5.41, 5.74) is 3.98. The van der Waals surface area contributed by atoms with Gasteiger partial charge in [0.1, 0.15) is 17.3 Å². The van der Waals surface area contributed by atoms with Crippen LogP contribution in [0.2, 0.25) is 5.02 Å². The first-order valence-electron chi connectivity index (χ1n) is 11.2. The number of oxazole rings is 1. The quantitative estimate of drug-likeness (QED) is 0.374. The van der Waals surface area contributed by atoms with Crippen LogP contribution in [-0.2, 0) is 0 Å². The van der Waals surface area contributed by atoms with E-state index in [0.29, 0.717) is 34.4 Å². The Morgan fingerprint density at radius 2 is 1.86 bits per heavy atom. The van der Waals surface area contributed by atoms with Crippen molar-refractivity contribution >= 4 is 17.2 Å². The summed E-state index contributed by atoms with van der Waals surface area (Å²) in [6.07, 6.45) is 4.50. The van der Waals surface area contributed by atoms with E-state index in [-0.39, 0.29) is 16.9 Å². The Morgan fingerprint density at radius 1 is 1.09 bits per heavy atom. The van der Waals surface area contributed by atoms with Gasteiger partial charge in [0.25, 0.3) is 5.56 Å². The van der Waals surface area contributed by atoms with Crippen molar-refractivity contribution in [1.82, 2.24) is 14.9 Å². The molecule has 4 aromatic rings. The lowest BCUT2D eigenvalue weighted by molar-refractivity contribution is 0.538. The van der Waals surface area contributed by atoms with Gasteiger partial charge in [0.2, 0.25) is 5.89 Å². The molecule has 0 spiro atoms. The number of hydrogen-bond acceptors (Lipinski definition) is 4. The highest BCUT2D eigenvalue weighted by atomic mass is 35.5. The van der Waals surface area contributed by atoms with Crippen LogP contribution in [0.5, 0.6) is 0 Å². The van der Waals surface area contributed by atoms with E-state index in [2.05, 4.69) is 5.32 Å². The standard InChI is InChI=1S/C27H22ClF2N3O2/c1-15-10-19(28)11-16(2)25(15)33-14-18(5-8-23(33)34)24-26(21-7-6-20(29)12-22(21)30)35-27(32-24)17-4-3-9-31-13-17/h4-8,10-12,14,31H,3,9,13H2,1-2H3.